The smallest absolute Gasteiger partial charge is 0.232 e. The second kappa shape index (κ2) is 5.11. The van der Waals surface area contributed by atoms with Gasteiger partial charge in [-0.25, -0.2) is 13.2 Å². The predicted molar refractivity (Wildman–Crippen MR) is 63.9 cm³/mol. The van der Waals surface area contributed by atoms with Gasteiger partial charge in [0.1, 0.15) is 0 Å². The maximum atomic E-state index is 14.7. The summed E-state index contributed by atoms with van der Waals surface area (Å²) >= 11 is 0. The van der Waals surface area contributed by atoms with Gasteiger partial charge in [-0.3, -0.25) is 0 Å². The van der Waals surface area contributed by atoms with Gasteiger partial charge in [-0.05, 0) is 17.9 Å². The quantitative estimate of drug-likeness (QED) is 0.688. The lowest BCUT2D eigenvalue weighted by Crippen LogP contribution is -2.40. The summed E-state index contributed by atoms with van der Waals surface area (Å²) in [7, 11) is 0. The highest BCUT2D eigenvalue weighted by atomic mass is 19.3. The van der Waals surface area contributed by atoms with Crippen LogP contribution >= 0.6 is 0 Å². The van der Waals surface area contributed by atoms with Gasteiger partial charge in [0.2, 0.25) is 0 Å². The van der Waals surface area contributed by atoms with E-state index in [9.17, 15) is 13.2 Å². The molecule has 0 aliphatic rings. The Bertz CT molecular complexity index is 342. The van der Waals surface area contributed by atoms with Crippen molar-refractivity contribution < 1.29 is 13.2 Å². The summed E-state index contributed by atoms with van der Waals surface area (Å²) in [4.78, 5) is 0. The highest BCUT2D eigenvalue weighted by molar-refractivity contribution is 5.25. The van der Waals surface area contributed by atoms with Gasteiger partial charge in [0.25, 0.3) is 5.92 Å². The number of halogens is 3. The van der Waals surface area contributed by atoms with E-state index in [1.165, 1.54) is 12.1 Å². The molecule has 17 heavy (non-hydrogen) atoms. The van der Waals surface area contributed by atoms with Crippen molar-refractivity contribution in [3.05, 3.63) is 35.9 Å². The van der Waals surface area contributed by atoms with Gasteiger partial charge in [-0.1, -0.05) is 50.6 Å². The SMILES string of the molecule is CCC(C)CC(F)(c1ccccc1)C(C)(F)F. The van der Waals surface area contributed by atoms with Crippen molar-refractivity contribution in [3.63, 3.8) is 0 Å². The number of alkyl halides is 3. The van der Waals surface area contributed by atoms with Crippen LogP contribution in [0.25, 0.3) is 0 Å². The lowest BCUT2D eigenvalue weighted by atomic mass is 9.81. The second-order valence-corrected chi connectivity index (χ2v) is 4.77. The van der Waals surface area contributed by atoms with Crippen molar-refractivity contribution in [1.82, 2.24) is 0 Å². The fourth-order valence-corrected chi connectivity index (χ4v) is 1.88. The molecule has 0 saturated carbocycles. The summed E-state index contributed by atoms with van der Waals surface area (Å²) in [5, 5.41) is 0. The summed E-state index contributed by atoms with van der Waals surface area (Å²) in [6.07, 6.45) is 0.533. The zero-order valence-corrected chi connectivity index (χ0v) is 10.5. The summed E-state index contributed by atoms with van der Waals surface area (Å²) in [6, 6.07) is 7.73. The Hall–Kier alpha value is -0.990. The van der Waals surface area contributed by atoms with Gasteiger partial charge >= 0.3 is 0 Å². The minimum atomic E-state index is -3.38. The average molecular weight is 244 g/mol. The van der Waals surface area contributed by atoms with Crippen molar-refractivity contribution in [1.29, 1.82) is 0 Å². The summed E-state index contributed by atoms with van der Waals surface area (Å²) in [5.74, 6) is -3.45. The Labute approximate surface area is 101 Å². The topological polar surface area (TPSA) is 0 Å². The predicted octanol–water partition coefficient (Wildman–Crippen LogP) is 4.94. The van der Waals surface area contributed by atoms with Crippen LogP contribution in [0.15, 0.2) is 30.3 Å². The maximum absolute atomic E-state index is 14.7. The molecule has 0 aliphatic carbocycles. The number of hydrogen-bond acceptors (Lipinski definition) is 0. The average Bonchev–Trinajstić information content (AvgIpc) is 2.28. The largest absolute Gasteiger partial charge is 0.282 e. The molecule has 0 radical (unpaired) electrons. The molecule has 0 aliphatic heterocycles. The molecule has 3 heteroatoms. The van der Waals surface area contributed by atoms with E-state index in [0.29, 0.717) is 13.3 Å². The van der Waals surface area contributed by atoms with E-state index in [4.69, 9.17) is 0 Å². The molecule has 0 saturated heterocycles. The third-order valence-corrected chi connectivity index (χ3v) is 3.25. The van der Waals surface area contributed by atoms with E-state index >= 15 is 0 Å². The van der Waals surface area contributed by atoms with Crippen molar-refractivity contribution >= 4 is 0 Å². The molecule has 1 rings (SSSR count). The Kier molecular flexibility index (Phi) is 4.23. The molecule has 2 atom stereocenters. The molecular formula is C14H19F3. The minimum absolute atomic E-state index is 0.0628. The van der Waals surface area contributed by atoms with Crippen LogP contribution in [-0.2, 0) is 5.67 Å². The Balaban J connectivity index is 3.12. The van der Waals surface area contributed by atoms with E-state index < -0.39 is 11.6 Å². The zero-order valence-electron chi connectivity index (χ0n) is 10.5. The lowest BCUT2D eigenvalue weighted by molar-refractivity contribution is -0.139. The van der Waals surface area contributed by atoms with Crippen LogP contribution in [-0.4, -0.2) is 5.92 Å². The third kappa shape index (κ3) is 3.02. The minimum Gasteiger partial charge on any atom is -0.232 e. The van der Waals surface area contributed by atoms with Crippen molar-refractivity contribution in [2.24, 2.45) is 5.92 Å². The molecule has 2 unspecified atom stereocenters. The molecule has 0 bridgehead atoms. The van der Waals surface area contributed by atoms with E-state index in [1.807, 2.05) is 6.92 Å². The van der Waals surface area contributed by atoms with Gasteiger partial charge in [0.05, 0.1) is 0 Å². The molecule has 96 valence electrons. The first kappa shape index (κ1) is 14.1. The van der Waals surface area contributed by atoms with Gasteiger partial charge in [-0.15, -0.1) is 0 Å². The standard InChI is InChI=1S/C14H19F3/c1-4-11(2)10-14(17,13(3,15)16)12-8-6-5-7-9-12/h5-9,11H,4,10H2,1-3H3. The molecule has 0 fully saturated rings. The van der Waals surface area contributed by atoms with E-state index in [-0.39, 0.29) is 17.9 Å². The number of rotatable bonds is 5. The van der Waals surface area contributed by atoms with Crippen LogP contribution < -0.4 is 0 Å². The van der Waals surface area contributed by atoms with Crippen molar-refractivity contribution in [2.45, 2.75) is 45.2 Å². The van der Waals surface area contributed by atoms with Crippen LogP contribution in [0.2, 0.25) is 0 Å². The maximum Gasteiger partial charge on any atom is 0.282 e. The highest BCUT2D eigenvalue weighted by Gasteiger charge is 2.52. The van der Waals surface area contributed by atoms with Gasteiger partial charge in [0, 0.05) is 6.92 Å². The molecule has 0 heterocycles. The Morgan fingerprint density at radius 3 is 2.06 bits per heavy atom. The molecule has 0 N–H and O–H groups in total. The number of benzene rings is 1. The van der Waals surface area contributed by atoms with Crippen LogP contribution in [0.4, 0.5) is 13.2 Å². The Morgan fingerprint density at radius 1 is 1.12 bits per heavy atom. The molecule has 0 spiro atoms. The van der Waals surface area contributed by atoms with Gasteiger partial charge < -0.3 is 0 Å². The molecule has 0 nitrogen and oxygen atoms in total. The first-order valence-electron chi connectivity index (χ1n) is 5.93. The van der Waals surface area contributed by atoms with Crippen molar-refractivity contribution in [2.75, 3.05) is 0 Å². The van der Waals surface area contributed by atoms with Crippen LogP contribution in [0.5, 0.6) is 0 Å². The van der Waals surface area contributed by atoms with E-state index in [1.54, 1.807) is 25.1 Å². The molecule has 0 amide bonds. The van der Waals surface area contributed by atoms with Crippen LogP contribution in [0, 0.1) is 5.92 Å². The summed E-state index contributed by atoms with van der Waals surface area (Å²) in [6.45, 7) is 4.33. The molecule has 0 aromatic heterocycles. The van der Waals surface area contributed by atoms with Gasteiger partial charge in [0.15, 0.2) is 5.67 Å². The fourth-order valence-electron chi connectivity index (χ4n) is 1.88. The normalized spacial score (nSPS) is 17.5. The summed E-state index contributed by atoms with van der Waals surface area (Å²) in [5.41, 5.74) is -2.52. The highest BCUT2D eigenvalue weighted by Crippen LogP contribution is 2.46. The molecule has 1 aromatic carbocycles. The van der Waals surface area contributed by atoms with Crippen LogP contribution in [0.3, 0.4) is 0 Å². The number of hydrogen-bond donors (Lipinski definition) is 0. The van der Waals surface area contributed by atoms with E-state index in [0.717, 1.165) is 0 Å². The fraction of sp³-hybridized carbons (Fsp3) is 0.571. The molecule has 1 aromatic rings. The zero-order chi connectivity index (χ0) is 13.1. The second-order valence-electron chi connectivity index (χ2n) is 4.77. The monoisotopic (exact) mass is 244 g/mol. The van der Waals surface area contributed by atoms with Gasteiger partial charge in [-0.2, -0.15) is 0 Å². The summed E-state index contributed by atoms with van der Waals surface area (Å²) < 4.78 is 41.9. The first-order valence-corrected chi connectivity index (χ1v) is 5.93. The third-order valence-electron chi connectivity index (χ3n) is 3.25. The van der Waals surface area contributed by atoms with Crippen LogP contribution in [0.1, 0.15) is 39.2 Å². The molecular weight excluding hydrogens is 225 g/mol. The first-order chi connectivity index (χ1) is 7.81. The Morgan fingerprint density at radius 2 is 1.65 bits per heavy atom. The van der Waals surface area contributed by atoms with Crippen molar-refractivity contribution in [3.8, 4) is 0 Å². The lowest BCUT2D eigenvalue weighted by Gasteiger charge is -2.33. The van der Waals surface area contributed by atoms with E-state index in [2.05, 4.69) is 0 Å².